The molecule has 0 bridgehead atoms. The van der Waals surface area contributed by atoms with Crippen LogP contribution in [0.2, 0.25) is 0 Å². The van der Waals surface area contributed by atoms with Crippen LogP contribution in [0.3, 0.4) is 0 Å². The van der Waals surface area contributed by atoms with Gasteiger partial charge in [-0.2, -0.15) is 4.31 Å². The first-order chi connectivity index (χ1) is 13.1. The number of hydrogen-bond donors (Lipinski definition) is 1. The topological polar surface area (TPSA) is 66.5 Å². The standard InChI is InChI=1S/C21H27BrN2O3S/c1-6-24(28(26,27)19-9-7-18(22)8-10-19)13-21(25)23-17(5)20-12-15(3)14(2)11-16(20)4/h7-12,17H,6,13H2,1-5H3,(H,23,25)/t17-/m0/s1. The van der Waals surface area contributed by atoms with Gasteiger partial charge < -0.3 is 5.32 Å². The molecule has 1 N–H and O–H groups in total. The van der Waals surface area contributed by atoms with Gasteiger partial charge in [0.25, 0.3) is 0 Å². The van der Waals surface area contributed by atoms with Crippen molar-refractivity contribution in [3.05, 3.63) is 63.1 Å². The van der Waals surface area contributed by atoms with Crippen LogP contribution in [-0.4, -0.2) is 31.7 Å². The summed E-state index contributed by atoms with van der Waals surface area (Å²) in [7, 11) is -3.73. The minimum absolute atomic E-state index is 0.170. The van der Waals surface area contributed by atoms with Gasteiger partial charge in [0.2, 0.25) is 15.9 Å². The maximum absolute atomic E-state index is 12.8. The first-order valence-electron chi connectivity index (χ1n) is 9.19. The highest BCUT2D eigenvalue weighted by atomic mass is 79.9. The third-order valence-corrected chi connectivity index (χ3v) is 7.31. The Labute approximate surface area is 176 Å². The molecule has 7 heteroatoms. The van der Waals surface area contributed by atoms with Crippen molar-refractivity contribution >= 4 is 31.9 Å². The second kappa shape index (κ2) is 9.20. The molecule has 0 fully saturated rings. The minimum Gasteiger partial charge on any atom is -0.348 e. The number of likely N-dealkylation sites (N-methyl/N-ethyl adjacent to an activating group) is 1. The van der Waals surface area contributed by atoms with Crippen molar-refractivity contribution < 1.29 is 13.2 Å². The molecular formula is C21H27BrN2O3S. The highest BCUT2D eigenvalue weighted by Gasteiger charge is 2.26. The molecule has 0 saturated carbocycles. The van der Waals surface area contributed by atoms with E-state index in [0.29, 0.717) is 0 Å². The van der Waals surface area contributed by atoms with E-state index in [9.17, 15) is 13.2 Å². The first kappa shape index (κ1) is 22.6. The number of benzene rings is 2. The molecule has 0 saturated heterocycles. The van der Waals surface area contributed by atoms with Crippen LogP contribution in [0.4, 0.5) is 0 Å². The summed E-state index contributed by atoms with van der Waals surface area (Å²) in [4.78, 5) is 12.7. The van der Waals surface area contributed by atoms with Crippen LogP contribution in [0, 0.1) is 20.8 Å². The van der Waals surface area contributed by atoms with E-state index in [1.807, 2.05) is 20.8 Å². The number of halogens is 1. The van der Waals surface area contributed by atoms with Crippen molar-refractivity contribution in [2.75, 3.05) is 13.1 Å². The molecule has 2 aromatic carbocycles. The van der Waals surface area contributed by atoms with Crippen LogP contribution in [0.25, 0.3) is 0 Å². The van der Waals surface area contributed by atoms with E-state index in [0.717, 1.165) is 21.2 Å². The fourth-order valence-corrected chi connectivity index (χ4v) is 4.77. The lowest BCUT2D eigenvalue weighted by Crippen LogP contribution is -2.41. The third-order valence-electron chi connectivity index (χ3n) is 4.85. The number of amides is 1. The van der Waals surface area contributed by atoms with Gasteiger partial charge in [-0.25, -0.2) is 8.42 Å². The van der Waals surface area contributed by atoms with Gasteiger partial charge >= 0.3 is 0 Å². The van der Waals surface area contributed by atoms with Crippen molar-refractivity contribution in [3.63, 3.8) is 0 Å². The number of sulfonamides is 1. The Morgan fingerprint density at radius 2 is 1.64 bits per heavy atom. The molecule has 28 heavy (non-hydrogen) atoms. The molecule has 0 unspecified atom stereocenters. The average molecular weight is 467 g/mol. The zero-order valence-corrected chi connectivity index (χ0v) is 19.3. The Morgan fingerprint density at radius 1 is 1.07 bits per heavy atom. The summed E-state index contributed by atoms with van der Waals surface area (Å²) in [5.41, 5.74) is 4.51. The molecule has 0 spiro atoms. The first-order valence-corrected chi connectivity index (χ1v) is 11.4. The summed E-state index contributed by atoms with van der Waals surface area (Å²) >= 11 is 3.30. The van der Waals surface area contributed by atoms with E-state index in [2.05, 4.69) is 40.3 Å². The van der Waals surface area contributed by atoms with E-state index in [1.165, 1.54) is 22.0 Å². The zero-order chi connectivity index (χ0) is 21.1. The summed E-state index contributed by atoms with van der Waals surface area (Å²) in [6, 6.07) is 10.4. The lowest BCUT2D eigenvalue weighted by molar-refractivity contribution is -0.121. The highest BCUT2D eigenvalue weighted by Crippen LogP contribution is 2.22. The quantitative estimate of drug-likeness (QED) is 0.662. The average Bonchev–Trinajstić information content (AvgIpc) is 2.62. The predicted molar refractivity (Wildman–Crippen MR) is 116 cm³/mol. The van der Waals surface area contributed by atoms with Gasteiger partial charge in [-0.1, -0.05) is 35.0 Å². The molecule has 5 nitrogen and oxygen atoms in total. The molecule has 0 aliphatic heterocycles. The van der Waals surface area contributed by atoms with Gasteiger partial charge in [0.1, 0.15) is 0 Å². The fraction of sp³-hybridized carbons (Fsp3) is 0.381. The number of rotatable bonds is 7. The number of hydrogen-bond acceptors (Lipinski definition) is 3. The van der Waals surface area contributed by atoms with E-state index >= 15 is 0 Å². The number of carbonyl (C=O) groups is 1. The van der Waals surface area contributed by atoms with Gasteiger partial charge in [-0.05, 0) is 74.2 Å². The van der Waals surface area contributed by atoms with Crippen LogP contribution in [0.15, 0.2) is 45.8 Å². The SMILES string of the molecule is CCN(CC(=O)N[C@@H](C)c1cc(C)c(C)cc1C)S(=O)(=O)c1ccc(Br)cc1. The Morgan fingerprint density at radius 3 is 2.21 bits per heavy atom. The minimum atomic E-state index is -3.73. The smallest absolute Gasteiger partial charge is 0.243 e. The van der Waals surface area contributed by atoms with E-state index in [4.69, 9.17) is 0 Å². The molecule has 2 aromatic rings. The van der Waals surface area contributed by atoms with Gasteiger partial charge in [-0.3, -0.25) is 4.79 Å². The number of nitrogens with zero attached hydrogens (tertiary/aromatic N) is 1. The molecule has 0 aromatic heterocycles. The van der Waals surface area contributed by atoms with Crippen molar-refractivity contribution in [1.29, 1.82) is 0 Å². The van der Waals surface area contributed by atoms with Crippen LogP contribution in [-0.2, 0) is 14.8 Å². The molecule has 152 valence electrons. The van der Waals surface area contributed by atoms with Crippen LogP contribution in [0.5, 0.6) is 0 Å². The van der Waals surface area contributed by atoms with Crippen molar-refractivity contribution in [3.8, 4) is 0 Å². The Hall–Kier alpha value is -1.70. The predicted octanol–water partition coefficient (Wildman–Crippen LogP) is 4.26. The molecular weight excluding hydrogens is 440 g/mol. The van der Waals surface area contributed by atoms with Crippen molar-refractivity contribution in [2.45, 2.75) is 45.6 Å². The normalized spacial score (nSPS) is 12.8. The van der Waals surface area contributed by atoms with Gasteiger partial charge in [0, 0.05) is 11.0 Å². The van der Waals surface area contributed by atoms with Gasteiger partial charge in [0.15, 0.2) is 0 Å². The van der Waals surface area contributed by atoms with Crippen LogP contribution >= 0.6 is 15.9 Å². The third kappa shape index (κ3) is 5.21. The monoisotopic (exact) mass is 466 g/mol. The zero-order valence-electron chi connectivity index (χ0n) is 16.9. The summed E-state index contributed by atoms with van der Waals surface area (Å²) < 4.78 is 27.6. The maximum atomic E-state index is 12.8. The highest BCUT2D eigenvalue weighted by molar-refractivity contribution is 9.10. The second-order valence-electron chi connectivity index (χ2n) is 6.97. The van der Waals surface area contributed by atoms with Gasteiger partial charge in [-0.15, -0.1) is 0 Å². The largest absolute Gasteiger partial charge is 0.348 e. The molecule has 2 rings (SSSR count). The van der Waals surface area contributed by atoms with Crippen LogP contribution in [0.1, 0.15) is 42.1 Å². The molecule has 0 aliphatic carbocycles. The molecule has 0 aliphatic rings. The van der Waals surface area contributed by atoms with E-state index in [-0.39, 0.29) is 29.9 Å². The van der Waals surface area contributed by atoms with E-state index < -0.39 is 10.0 Å². The molecule has 1 atom stereocenters. The molecule has 1 amide bonds. The lowest BCUT2D eigenvalue weighted by Gasteiger charge is -2.23. The summed E-state index contributed by atoms with van der Waals surface area (Å²) in [5, 5.41) is 2.93. The van der Waals surface area contributed by atoms with Crippen molar-refractivity contribution in [1.82, 2.24) is 9.62 Å². The molecule has 0 radical (unpaired) electrons. The van der Waals surface area contributed by atoms with Crippen LogP contribution < -0.4 is 5.32 Å². The second-order valence-corrected chi connectivity index (χ2v) is 9.82. The number of nitrogens with one attached hydrogen (secondary N) is 1. The Balaban J connectivity index is 2.14. The summed E-state index contributed by atoms with van der Waals surface area (Å²) in [5.74, 6) is -0.326. The Kier molecular flexibility index (Phi) is 7.42. The van der Waals surface area contributed by atoms with Gasteiger partial charge in [0.05, 0.1) is 17.5 Å². The number of carbonyl (C=O) groups excluding carboxylic acids is 1. The Bertz CT molecular complexity index is 956. The lowest BCUT2D eigenvalue weighted by atomic mass is 9.96. The maximum Gasteiger partial charge on any atom is 0.243 e. The summed E-state index contributed by atoms with van der Waals surface area (Å²) in [6.45, 7) is 9.74. The van der Waals surface area contributed by atoms with Crippen molar-refractivity contribution in [2.24, 2.45) is 0 Å². The fourth-order valence-electron chi connectivity index (χ4n) is 3.10. The molecule has 0 heterocycles. The number of aryl methyl sites for hydroxylation is 3. The summed E-state index contributed by atoms with van der Waals surface area (Å²) in [6.07, 6.45) is 0. The van der Waals surface area contributed by atoms with E-state index in [1.54, 1.807) is 19.1 Å².